The number of nitrogens with zero attached hydrogens (tertiary/aromatic N) is 3. The number of thioether (sulfide) groups is 1. The summed E-state index contributed by atoms with van der Waals surface area (Å²) in [6, 6.07) is 18.7. The molecule has 0 saturated heterocycles. The Kier molecular flexibility index (Phi) is 2.93. The second kappa shape index (κ2) is 4.93. The first-order valence-corrected chi connectivity index (χ1v) is 8.04. The lowest BCUT2D eigenvalue weighted by Crippen LogP contribution is -2.37. The largest absolute Gasteiger partial charge is 0.336 e. The Labute approximate surface area is 127 Å². The molecule has 2 heterocycles. The van der Waals surface area contributed by atoms with E-state index >= 15 is 0 Å². The van der Waals surface area contributed by atoms with E-state index in [0.29, 0.717) is 0 Å². The zero-order valence-corrected chi connectivity index (χ0v) is 12.4. The fourth-order valence-corrected chi connectivity index (χ4v) is 3.38. The highest BCUT2D eigenvalue weighted by molar-refractivity contribution is 8.13. The minimum Gasteiger partial charge on any atom is -0.235 e. The van der Waals surface area contributed by atoms with E-state index in [4.69, 9.17) is 0 Å². The molecule has 4 rings (SSSR count). The molecule has 5 heteroatoms. The molecule has 0 spiro atoms. The van der Waals surface area contributed by atoms with Crippen molar-refractivity contribution in [1.29, 1.82) is 0 Å². The van der Waals surface area contributed by atoms with Crippen molar-refractivity contribution in [2.24, 2.45) is 4.99 Å². The first kappa shape index (κ1) is 12.5. The highest BCUT2D eigenvalue weighted by atomic mass is 32.2. The summed E-state index contributed by atoms with van der Waals surface area (Å²) < 4.78 is 2.31. The van der Waals surface area contributed by atoms with Crippen LogP contribution in [-0.2, 0) is 0 Å². The monoisotopic (exact) mass is 295 g/mol. The molecule has 0 bridgehead atoms. The Morgan fingerprint density at radius 2 is 1.86 bits per heavy atom. The van der Waals surface area contributed by atoms with Crippen molar-refractivity contribution in [3.05, 3.63) is 60.2 Å². The second-order valence-corrected chi connectivity index (χ2v) is 5.71. The Balaban J connectivity index is 1.90. The molecule has 1 atom stereocenters. The molecule has 4 nitrogen and oxygen atoms in total. The van der Waals surface area contributed by atoms with Gasteiger partial charge in [0.05, 0.1) is 5.69 Å². The van der Waals surface area contributed by atoms with Gasteiger partial charge in [0, 0.05) is 5.56 Å². The number of nitrogens with one attached hydrogen (secondary N) is 1. The van der Waals surface area contributed by atoms with Crippen molar-refractivity contribution < 1.29 is 4.58 Å². The van der Waals surface area contributed by atoms with E-state index < -0.39 is 0 Å². The Hall–Kier alpha value is -2.27. The van der Waals surface area contributed by atoms with Gasteiger partial charge in [-0.2, -0.15) is 15.0 Å². The maximum absolute atomic E-state index is 4.52. The van der Waals surface area contributed by atoms with E-state index in [9.17, 15) is 0 Å². The topological polar surface area (TPSA) is 30.6 Å². The van der Waals surface area contributed by atoms with Gasteiger partial charge in [-0.15, -0.1) is 0 Å². The van der Waals surface area contributed by atoms with E-state index in [-0.39, 0.29) is 6.17 Å². The Morgan fingerprint density at radius 1 is 1.10 bits per heavy atom. The third kappa shape index (κ3) is 1.93. The minimum absolute atomic E-state index is 0.101. The van der Waals surface area contributed by atoms with Gasteiger partial charge in [0.1, 0.15) is 12.0 Å². The van der Waals surface area contributed by atoms with Gasteiger partial charge in [-0.1, -0.05) is 36.4 Å². The van der Waals surface area contributed by atoms with Crippen molar-refractivity contribution in [3.8, 4) is 0 Å². The molecule has 21 heavy (non-hydrogen) atoms. The molecular formula is C16H15N4S+. The Morgan fingerprint density at radius 3 is 2.67 bits per heavy atom. The zero-order valence-electron chi connectivity index (χ0n) is 11.6. The molecule has 0 aromatic heterocycles. The predicted molar refractivity (Wildman–Crippen MR) is 87.2 cm³/mol. The minimum atomic E-state index is 0.101. The standard InChI is InChI=1S/C16H14N4S/c1-21-16-18-19-11-17-14-10-6-5-9-13(14)15(19)20(16)12-7-3-2-4-8-12/h2-11,15H,1H3/p+1. The summed E-state index contributed by atoms with van der Waals surface area (Å²) >= 11 is 1.70. The molecule has 2 aliphatic heterocycles. The summed E-state index contributed by atoms with van der Waals surface area (Å²) in [7, 11) is 0. The fourth-order valence-electron chi connectivity index (χ4n) is 2.78. The van der Waals surface area contributed by atoms with E-state index in [1.807, 2.05) is 18.5 Å². The van der Waals surface area contributed by atoms with Crippen molar-refractivity contribution in [1.82, 2.24) is 10.4 Å². The van der Waals surface area contributed by atoms with Crippen LogP contribution in [-0.4, -0.2) is 27.3 Å². The number of aliphatic imine (C=N–C) groups is 1. The van der Waals surface area contributed by atoms with Crippen molar-refractivity contribution in [2.75, 3.05) is 6.26 Å². The van der Waals surface area contributed by atoms with Crippen LogP contribution in [0, 0.1) is 0 Å². The van der Waals surface area contributed by atoms with Gasteiger partial charge < -0.3 is 0 Å². The van der Waals surface area contributed by atoms with Crippen LogP contribution in [0.1, 0.15) is 11.7 Å². The van der Waals surface area contributed by atoms with Crippen molar-refractivity contribution in [2.45, 2.75) is 6.17 Å². The van der Waals surface area contributed by atoms with Gasteiger partial charge >= 0.3 is 5.17 Å². The molecule has 1 unspecified atom stereocenters. The lowest BCUT2D eigenvalue weighted by atomic mass is 10.1. The number of benzene rings is 2. The van der Waals surface area contributed by atoms with E-state index in [0.717, 1.165) is 10.9 Å². The second-order valence-electron chi connectivity index (χ2n) is 4.91. The van der Waals surface area contributed by atoms with E-state index in [1.165, 1.54) is 11.3 Å². The molecule has 1 N–H and O–H groups in total. The fraction of sp³-hybridized carbons (Fsp3) is 0.125. The van der Waals surface area contributed by atoms with Crippen LogP contribution in [0.2, 0.25) is 0 Å². The average Bonchev–Trinajstić information content (AvgIpc) is 2.94. The smallest absolute Gasteiger partial charge is 0.235 e. The number of amidine groups is 1. The molecule has 0 radical (unpaired) electrons. The molecule has 2 aliphatic rings. The maximum atomic E-state index is 4.52. The first-order chi connectivity index (χ1) is 10.4. The van der Waals surface area contributed by atoms with Crippen LogP contribution in [0.4, 0.5) is 11.4 Å². The number of hydrogen-bond acceptors (Lipinski definition) is 4. The summed E-state index contributed by atoms with van der Waals surface area (Å²) in [6.45, 7) is 0. The first-order valence-electron chi connectivity index (χ1n) is 6.82. The number of hydrazine groups is 1. The highest BCUT2D eigenvalue weighted by Crippen LogP contribution is 2.38. The van der Waals surface area contributed by atoms with Gasteiger partial charge in [-0.05, 0) is 36.2 Å². The maximum Gasteiger partial charge on any atom is 0.336 e. The summed E-state index contributed by atoms with van der Waals surface area (Å²) in [5, 5.41) is 3.16. The normalized spacial score (nSPS) is 19.3. The number of rotatable bonds is 1. The summed E-state index contributed by atoms with van der Waals surface area (Å²) in [6.07, 6.45) is 4.05. The summed E-state index contributed by atoms with van der Waals surface area (Å²) in [4.78, 5) is 4.52. The molecular weight excluding hydrogens is 280 g/mol. The molecule has 0 amide bonds. The summed E-state index contributed by atoms with van der Waals surface area (Å²) in [5.41, 5.74) is 6.83. The average molecular weight is 295 g/mol. The lowest BCUT2D eigenvalue weighted by Gasteiger charge is -2.23. The van der Waals surface area contributed by atoms with Crippen molar-refractivity contribution >= 4 is 34.6 Å². The van der Waals surface area contributed by atoms with Crippen LogP contribution in [0.15, 0.2) is 59.6 Å². The van der Waals surface area contributed by atoms with Crippen LogP contribution >= 0.6 is 11.8 Å². The van der Waals surface area contributed by atoms with Crippen LogP contribution in [0.25, 0.3) is 0 Å². The molecule has 2 aromatic carbocycles. The highest BCUT2D eigenvalue weighted by Gasteiger charge is 2.42. The Bertz CT molecular complexity index is 739. The van der Waals surface area contributed by atoms with Gasteiger partial charge in [-0.3, -0.25) is 0 Å². The molecule has 0 saturated carbocycles. The third-order valence-corrected chi connectivity index (χ3v) is 4.39. The van der Waals surface area contributed by atoms with E-state index in [2.05, 4.69) is 68.7 Å². The number of para-hydroxylation sites is 2. The quantitative estimate of drug-likeness (QED) is 0.819. The molecule has 0 aliphatic carbocycles. The van der Waals surface area contributed by atoms with Gasteiger partial charge in [0.15, 0.2) is 0 Å². The third-order valence-electron chi connectivity index (χ3n) is 3.72. The number of hydrogen-bond donors (Lipinski definition) is 1. The van der Waals surface area contributed by atoms with E-state index in [1.54, 1.807) is 11.8 Å². The molecule has 104 valence electrons. The van der Waals surface area contributed by atoms with Crippen LogP contribution in [0.3, 0.4) is 0 Å². The van der Waals surface area contributed by atoms with Gasteiger partial charge in [0.2, 0.25) is 6.17 Å². The SMILES string of the molecule is CSC1=[N+](c2ccccc2)C2c3ccccc3N=CN2N1. The predicted octanol–water partition coefficient (Wildman–Crippen LogP) is 3.24. The number of fused-ring (bicyclic) bond motifs is 3. The van der Waals surface area contributed by atoms with Gasteiger partial charge in [-0.25, -0.2) is 4.99 Å². The van der Waals surface area contributed by atoms with Crippen LogP contribution in [0.5, 0.6) is 0 Å². The van der Waals surface area contributed by atoms with Crippen LogP contribution < -0.4 is 5.43 Å². The summed E-state index contributed by atoms with van der Waals surface area (Å²) in [5.74, 6) is 0. The van der Waals surface area contributed by atoms with Gasteiger partial charge in [0.25, 0.3) is 0 Å². The lowest BCUT2D eigenvalue weighted by molar-refractivity contribution is -0.499. The zero-order chi connectivity index (χ0) is 14.2. The van der Waals surface area contributed by atoms with Crippen molar-refractivity contribution in [3.63, 3.8) is 0 Å². The molecule has 2 aromatic rings. The molecule has 0 fully saturated rings.